The maximum atomic E-state index is 13.7. The molecular weight excluding hydrogens is 269 g/mol. The Morgan fingerprint density at radius 2 is 2.05 bits per heavy atom. The first-order chi connectivity index (χ1) is 9.47. The molecule has 0 saturated carbocycles. The van der Waals surface area contributed by atoms with Crippen molar-refractivity contribution in [2.24, 2.45) is 11.7 Å². The highest BCUT2D eigenvalue weighted by molar-refractivity contribution is 5.94. The maximum absolute atomic E-state index is 13.7. The van der Waals surface area contributed by atoms with Crippen molar-refractivity contribution in [2.75, 3.05) is 13.1 Å². The van der Waals surface area contributed by atoms with Gasteiger partial charge in [0.1, 0.15) is 0 Å². The third kappa shape index (κ3) is 2.52. The van der Waals surface area contributed by atoms with Crippen LogP contribution in [-0.4, -0.2) is 29.9 Å². The van der Waals surface area contributed by atoms with E-state index >= 15 is 0 Å². The van der Waals surface area contributed by atoms with Crippen LogP contribution in [0.15, 0.2) is 12.1 Å². The Labute approximate surface area is 115 Å². The van der Waals surface area contributed by atoms with Crippen molar-refractivity contribution < 1.29 is 18.0 Å². The molecule has 2 N–H and O–H groups in total. The third-order valence-corrected chi connectivity index (χ3v) is 3.88. The molecule has 20 heavy (non-hydrogen) atoms. The molecule has 1 aliphatic rings. The van der Waals surface area contributed by atoms with Gasteiger partial charge in [0.2, 0.25) is 0 Å². The van der Waals surface area contributed by atoms with E-state index in [-0.39, 0.29) is 18.5 Å². The Balaban J connectivity index is 2.33. The van der Waals surface area contributed by atoms with Gasteiger partial charge in [-0.2, -0.15) is 0 Å². The fraction of sp³-hybridized carbons (Fsp3) is 0.500. The van der Waals surface area contributed by atoms with E-state index in [1.54, 1.807) is 0 Å². The van der Waals surface area contributed by atoms with Crippen LogP contribution in [0.3, 0.4) is 0 Å². The molecule has 0 spiro atoms. The number of nitrogens with two attached hydrogens (primary N) is 1. The lowest BCUT2D eigenvalue weighted by Crippen LogP contribution is -2.51. The van der Waals surface area contributed by atoms with Crippen LogP contribution in [0.2, 0.25) is 0 Å². The Morgan fingerprint density at radius 1 is 1.35 bits per heavy atom. The molecule has 0 bridgehead atoms. The lowest BCUT2D eigenvalue weighted by Gasteiger charge is -2.39. The van der Waals surface area contributed by atoms with Gasteiger partial charge >= 0.3 is 0 Å². The van der Waals surface area contributed by atoms with E-state index in [1.807, 2.05) is 6.92 Å². The average molecular weight is 286 g/mol. The molecule has 110 valence electrons. The number of hydrogen-bond acceptors (Lipinski definition) is 2. The van der Waals surface area contributed by atoms with Crippen molar-refractivity contribution in [3.8, 4) is 0 Å². The predicted molar refractivity (Wildman–Crippen MR) is 68.6 cm³/mol. The number of halogens is 3. The van der Waals surface area contributed by atoms with Crippen molar-refractivity contribution in [3.05, 3.63) is 35.1 Å². The summed E-state index contributed by atoms with van der Waals surface area (Å²) in [5, 5.41) is 0. The maximum Gasteiger partial charge on any atom is 0.257 e. The summed E-state index contributed by atoms with van der Waals surface area (Å²) in [5.41, 5.74) is 5.22. The van der Waals surface area contributed by atoms with Gasteiger partial charge in [0.25, 0.3) is 5.91 Å². The van der Waals surface area contributed by atoms with Gasteiger partial charge in [0, 0.05) is 19.1 Å². The van der Waals surface area contributed by atoms with Crippen LogP contribution in [0, 0.1) is 23.4 Å². The fourth-order valence-corrected chi connectivity index (χ4v) is 2.71. The van der Waals surface area contributed by atoms with Crippen LogP contribution in [-0.2, 0) is 0 Å². The largest absolute Gasteiger partial charge is 0.334 e. The summed E-state index contributed by atoms with van der Waals surface area (Å²) < 4.78 is 39.8. The second-order valence-electron chi connectivity index (χ2n) is 5.14. The molecule has 0 aromatic heterocycles. The molecular formula is C14H17F3N2O. The molecule has 0 radical (unpaired) electrons. The first kappa shape index (κ1) is 14.8. The summed E-state index contributed by atoms with van der Waals surface area (Å²) in [6, 6.07) is 1.53. The van der Waals surface area contributed by atoms with Gasteiger partial charge < -0.3 is 10.6 Å². The number of benzene rings is 1. The first-order valence-corrected chi connectivity index (χ1v) is 6.62. The highest BCUT2D eigenvalue weighted by Gasteiger charge is 2.33. The minimum atomic E-state index is -1.62. The van der Waals surface area contributed by atoms with Gasteiger partial charge in [-0.25, -0.2) is 13.2 Å². The summed E-state index contributed by atoms with van der Waals surface area (Å²) in [5.74, 6) is -4.80. The van der Waals surface area contributed by atoms with Gasteiger partial charge in [0.15, 0.2) is 17.5 Å². The Hall–Kier alpha value is -1.56. The van der Waals surface area contributed by atoms with Crippen molar-refractivity contribution in [1.29, 1.82) is 0 Å². The Kier molecular flexibility index (Phi) is 4.32. The zero-order chi connectivity index (χ0) is 14.9. The summed E-state index contributed by atoms with van der Waals surface area (Å²) in [4.78, 5) is 13.8. The molecule has 3 nitrogen and oxygen atoms in total. The minimum Gasteiger partial charge on any atom is -0.334 e. The average Bonchev–Trinajstić information content (AvgIpc) is 2.44. The van der Waals surface area contributed by atoms with Crippen LogP contribution in [0.5, 0.6) is 0 Å². The normalized spacial score (nSPS) is 22.9. The van der Waals surface area contributed by atoms with Gasteiger partial charge in [-0.1, -0.05) is 6.92 Å². The van der Waals surface area contributed by atoms with Gasteiger partial charge in [0.05, 0.1) is 5.56 Å². The highest BCUT2D eigenvalue weighted by atomic mass is 19.2. The van der Waals surface area contributed by atoms with E-state index in [2.05, 4.69) is 0 Å². The van der Waals surface area contributed by atoms with E-state index in [4.69, 9.17) is 5.73 Å². The fourth-order valence-electron chi connectivity index (χ4n) is 2.71. The van der Waals surface area contributed by atoms with E-state index in [9.17, 15) is 18.0 Å². The van der Waals surface area contributed by atoms with E-state index < -0.39 is 28.9 Å². The topological polar surface area (TPSA) is 46.3 Å². The Morgan fingerprint density at radius 3 is 2.70 bits per heavy atom. The monoisotopic (exact) mass is 286 g/mol. The summed E-state index contributed by atoms with van der Waals surface area (Å²) in [6.45, 7) is 2.68. The van der Waals surface area contributed by atoms with E-state index in [0.717, 1.165) is 25.0 Å². The molecule has 1 aliphatic heterocycles. The number of likely N-dealkylation sites (tertiary alicyclic amines) is 1. The SMILES string of the molecule is C[C@@H]1CCCN(C(=O)c2ccc(F)c(F)c2F)[C@H]1CN. The van der Waals surface area contributed by atoms with E-state index in [0.29, 0.717) is 6.54 Å². The third-order valence-electron chi connectivity index (χ3n) is 3.88. The molecule has 6 heteroatoms. The van der Waals surface area contributed by atoms with Crippen LogP contribution >= 0.6 is 0 Å². The lowest BCUT2D eigenvalue weighted by atomic mass is 9.90. The second-order valence-corrected chi connectivity index (χ2v) is 5.14. The Bertz CT molecular complexity index is 521. The molecule has 1 amide bonds. The molecule has 1 heterocycles. The lowest BCUT2D eigenvalue weighted by molar-refractivity contribution is 0.0526. The molecule has 1 aromatic carbocycles. The molecule has 1 saturated heterocycles. The number of hydrogen-bond donors (Lipinski definition) is 1. The summed E-state index contributed by atoms with van der Waals surface area (Å²) in [7, 11) is 0. The number of nitrogens with zero attached hydrogens (tertiary/aromatic N) is 1. The number of carbonyl (C=O) groups excluding carboxylic acids is 1. The van der Waals surface area contributed by atoms with Crippen LogP contribution in [0.4, 0.5) is 13.2 Å². The quantitative estimate of drug-likeness (QED) is 0.848. The summed E-state index contributed by atoms with van der Waals surface area (Å²) >= 11 is 0. The second kappa shape index (κ2) is 5.83. The van der Waals surface area contributed by atoms with Crippen molar-refractivity contribution in [2.45, 2.75) is 25.8 Å². The molecule has 0 unspecified atom stereocenters. The first-order valence-electron chi connectivity index (χ1n) is 6.62. The molecule has 2 rings (SSSR count). The summed E-state index contributed by atoms with van der Waals surface area (Å²) in [6.07, 6.45) is 1.72. The van der Waals surface area contributed by atoms with Crippen LogP contribution < -0.4 is 5.73 Å². The molecule has 1 aromatic rings. The zero-order valence-corrected chi connectivity index (χ0v) is 11.2. The van der Waals surface area contributed by atoms with Crippen molar-refractivity contribution in [1.82, 2.24) is 4.90 Å². The number of rotatable bonds is 2. The number of amides is 1. The standard InChI is InChI=1S/C14H17F3N2O/c1-8-3-2-6-19(11(8)7-18)14(20)9-4-5-10(15)13(17)12(9)16/h4-5,8,11H,2-3,6-7,18H2,1H3/t8-,11+/m1/s1. The van der Waals surface area contributed by atoms with E-state index in [1.165, 1.54) is 4.90 Å². The molecule has 2 atom stereocenters. The highest BCUT2D eigenvalue weighted by Crippen LogP contribution is 2.25. The predicted octanol–water partition coefficient (Wildman–Crippen LogP) is 2.30. The number of carbonyl (C=O) groups is 1. The minimum absolute atomic E-state index is 0.200. The molecule has 1 fully saturated rings. The van der Waals surface area contributed by atoms with Crippen molar-refractivity contribution >= 4 is 5.91 Å². The van der Waals surface area contributed by atoms with Crippen LogP contribution in [0.25, 0.3) is 0 Å². The van der Waals surface area contributed by atoms with Crippen molar-refractivity contribution in [3.63, 3.8) is 0 Å². The van der Waals surface area contributed by atoms with Gasteiger partial charge in [-0.15, -0.1) is 0 Å². The van der Waals surface area contributed by atoms with Crippen LogP contribution in [0.1, 0.15) is 30.1 Å². The van der Waals surface area contributed by atoms with Gasteiger partial charge in [-0.05, 0) is 30.9 Å². The zero-order valence-electron chi connectivity index (χ0n) is 11.2. The van der Waals surface area contributed by atoms with Gasteiger partial charge in [-0.3, -0.25) is 4.79 Å². The number of piperidine rings is 1. The smallest absolute Gasteiger partial charge is 0.257 e. The molecule has 0 aliphatic carbocycles.